The highest BCUT2D eigenvalue weighted by atomic mass is 19.4. The second-order valence-electron chi connectivity index (χ2n) is 3.78. The van der Waals surface area contributed by atoms with Crippen LogP contribution in [0.3, 0.4) is 0 Å². The third-order valence-electron chi connectivity index (χ3n) is 2.56. The van der Waals surface area contributed by atoms with Crippen molar-refractivity contribution in [3.8, 4) is 0 Å². The third kappa shape index (κ3) is 3.01. The van der Waals surface area contributed by atoms with Gasteiger partial charge in [0.15, 0.2) is 5.82 Å². The van der Waals surface area contributed by atoms with Gasteiger partial charge < -0.3 is 9.88 Å². The molecule has 2 aromatic rings. The monoisotopic (exact) mass is 271 g/mol. The van der Waals surface area contributed by atoms with Crippen LogP contribution in [0.25, 0.3) is 0 Å². The van der Waals surface area contributed by atoms with E-state index in [0.29, 0.717) is 12.4 Å². The first-order valence-electron chi connectivity index (χ1n) is 5.65. The Morgan fingerprint density at radius 3 is 2.84 bits per heavy atom. The molecule has 0 spiro atoms. The number of rotatable bonds is 4. The molecule has 2 aromatic heterocycles. The van der Waals surface area contributed by atoms with Crippen LogP contribution < -0.4 is 5.32 Å². The molecule has 19 heavy (non-hydrogen) atoms. The summed E-state index contributed by atoms with van der Waals surface area (Å²) in [5.74, 6) is 0.349. The molecule has 0 aliphatic carbocycles. The molecule has 0 amide bonds. The fraction of sp³-hybridized carbons (Fsp3) is 0.364. The van der Waals surface area contributed by atoms with Gasteiger partial charge in [-0.15, -0.1) is 10.2 Å². The molecular weight excluding hydrogens is 259 g/mol. The van der Waals surface area contributed by atoms with Crippen LogP contribution in [0.4, 0.5) is 19.0 Å². The number of anilines is 1. The molecule has 0 atom stereocenters. The van der Waals surface area contributed by atoms with E-state index in [-0.39, 0.29) is 12.4 Å². The van der Waals surface area contributed by atoms with E-state index in [1.165, 1.54) is 18.6 Å². The van der Waals surface area contributed by atoms with Gasteiger partial charge in [-0.25, -0.2) is 4.98 Å². The number of pyridine rings is 1. The minimum atomic E-state index is -4.44. The molecule has 0 aromatic carbocycles. The van der Waals surface area contributed by atoms with Crippen LogP contribution in [-0.2, 0) is 19.3 Å². The second-order valence-corrected chi connectivity index (χ2v) is 3.78. The van der Waals surface area contributed by atoms with Crippen LogP contribution in [0.5, 0.6) is 0 Å². The summed E-state index contributed by atoms with van der Waals surface area (Å²) in [4.78, 5) is 3.71. The number of aromatic nitrogens is 4. The zero-order valence-corrected chi connectivity index (χ0v) is 10.1. The topological polar surface area (TPSA) is 55.6 Å². The summed E-state index contributed by atoms with van der Waals surface area (Å²) in [6, 6.07) is 2.24. The highest BCUT2D eigenvalue weighted by Gasteiger charge is 2.34. The summed E-state index contributed by atoms with van der Waals surface area (Å²) in [6.07, 6.45) is -1.60. The summed E-state index contributed by atoms with van der Waals surface area (Å²) in [5, 5.41) is 10.2. The number of hydrogen-bond donors (Lipinski definition) is 1. The Kier molecular flexibility index (Phi) is 3.68. The van der Waals surface area contributed by atoms with Crippen molar-refractivity contribution in [2.75, 3.05) is 5.32 Å². The molecule has 0 aliphatic heterocycles. The van der Waals surface area contributed by atoms with Crippen molar-refractivity contribution in [1.29, 1.82) is 0 Å². The SMILES string of the molecule is CCn1cnnc1CNc1ncccc1C(F)(F)F. The fourth-order valence-corrected chi connectivity index (χ4v) is 1.62. The standard InChI is InChI=1S/C11H12F3N5/c1-2-19-7-17-18-9(19)6-16-10-8(11(12,13)14)4-3-5-15-10/h3-5,7H,2,6H2,1H3,(H,15,16). The Morgan fingerprint density at radius 2 is 2.16 bits per heavy atom. The Morgan fingerprint density at radius 1 is 1.37 bits per heavy atom. The van der Waals surface area contributed by atoms with Crippen LogP contribution in [-0.4, -0.2) is 19.7 Å². The Hall–Kier alpha value is -2.12. The van der Waals surface area contributed by atoms with Gasteiger partial charge >= 0.3 is 6.18 Å². The zero-order chi connectivity index (χ0) is 13.9. The molecule has 0 saturated carbocycles. The summed E-state index contributed by atoms with van der Waals surface area (Å²) in [7, 11) is 0. The lowest BCUT2D eigenvalue weighted by molar-refractivity contribution is -0.137. The van der Waals surface area contributed by atoms with Gasteiger partial charge in [0.25, 0.3) is 0 Å². The number of nitrogens with zero attached hydrogens (tertiary/aromatic N) is 4. The predicted octanol–water partition coefficient (Wildman–Crippen LogP) is 2.32. The lowest BCUT2D eigenvalue weighted by Gasteiger charge is -2.13. The molecule has 0 radical (unpaired) electrons. The van der Waals surface area contributed by atoms with Crippen LogP contribution >= 0.6 is 0 Å². The minimum absolute atomic E-state index is 0.133. The van der Waals surface area contributed by atoms with Crippen molar-refractivity contribution >= 4 is 5.82 Å². The molecule has 5 nitrogen and oxygen atoms in total. The molecule has 8 heteroatoms. The third-order valence-corrected chi connectivity index (χ3v) is 2.56. The summed E-state index contributed by atoms with van der Waals surface area (Å²) < 4.78 is 40.0. The van der Waals surface area contributed by atoms with E-state index >= 15 is 0 Å². The first-order chi connectivity index (χ1) is 9.02. The van der Waals surface area contributed by atoms with Crippen molar-refractivity contribution in [2.45, 2.75) is 26.2 Å². The number of nitrogens with one attached hydrogen (secondary N) is 1. The molecule has 0 fully saturated rings. The highest BCUT2D eigenvalue weighted by Crippen LogP contribution is 2.33. The van der Waals surface area contributed by atoms with Gasteiger partial charge in [0.2, 0.25) is 0 Å². The molecular formula is C11H12F3N5. The molecule has 102 valence electrons. The maximum Gasteiger partial charge on any atom is 0.419 e. The maximum absolute atomic E-state index is 12.7. The molecule has 2 rings (SSSR count). The van der Waals surface area contributed by atoms with E-state index in [4.69, 9.17) is 0 Å². The van der Waals surface area contributed by atoms with Gasteiger partial charge in [-0.2, -0.15) is 13.2 Å². The first kappa shape index (κ1) is 13.3. The van der Waals surface area contributed by atoms with Crippen molar-refractivity contribution in [3.05, 3.63) is 36.0 Å². The number of alkyl halides is 3. The van der Waals surface area contributed by atoms with Gasteiger partial charge in [0.05, 0.1) is 12.1 Å². The number of aryl methyl sites for hydroxylation is 1. The summed E-state index contributed by atoms with van der Waals surface area (Å²) >= 11 is 0. The molecule has 0 saturated heterocycles. The maximum atomic E-state index is 12.7. The van der Waals surface area contributed by atoms with Gasteiger partial charge in [0.1, 0.15) is 12.1 Å². The smallest absolute Gasteiger partial charge is 0.362 e. The van der Waals surface area contributed by atoms with Crippen molar-refractivity contribution in [2.24, 2.45) is 0 Å². The van der Waals surface area contributed by atoms with Gasteiger partial charge in [0, 0.05) is 12.7 Å². The van der Waals surface area contributed by atoms with Crippen molar-refractivity contribution in [1.82, 2.24) is 19.7 Å². The van der Waals surface area contributed by atoms with E-state index < -0.39 is 11.7 Å². The van der Waals surface area contributed by atoms with E-state index in [9.17, 15) is 13.2 Å². The molecule has 0 unspecified atom stereocenters. The second kappa shape index (κ2) is 5.25. The zero-order valence-electron chi connectivity index (χ0n) is 10.1. The largest absolute Gasteiger partial charge is 0.419 e. The quantitative estimate of drug-likeness (QED) is 0.927. The van der Waals surface area contributed by atoms with Crippen LogP contribution in [0.15, 0.2) is 24.7 Å². The van der Waals surface area contributed by atoms with E-state index in [2.05, 4.69) is 20.5 Å². The lowest BCUT2D eigenvalue weighted by Crippen LogP contribution is -2.14. The van der Waals surface area contributed by atoms with Crippen molar-refractivity contribution in [3.63, 3.8) is 0 Å². The molecule has 0 aliphatic rings. The first-order valence-corrected chi connectivity index (χ1v) is 5.65. The Bertz CT molecular complexity index is 549. The normalized spacial score (nSPS) is 11.6. The van der Waals surface area contributed by atoms with E-state index in [1.54, 1.807) is 4.57 Å². The molecule has 0 bridgehead atoms. The Labute approximate surface area is 107 Å². The lowest BCUT2D eigenvalue weighted by atomic mass is 10.2. The predicted molar refractivity (Wildman–Crippen MR) is 62.3 cm³/mol. The summed E-state index contributed by atoms with van der Waals surface area (Å²) in [5.41, 5.74) is -0.794. The summed E-state index contributed by atoms with van der Waals surface area (Å²) in [6.45, 7) is 2.68. The van der Waals surface area contributed by atoms with Crippen molar-refractivity contribution < 1.29 is 13.2 Å². The van der Waals surface area contributed by atoms with Gasteiger partial charge in [-0.1, -0.05) is 0 Å². The van der Waals surface area contributed by atoms with Gasteiger partial charge in [-0.3, -0.25) is 0 Å². The molecule has 2 heterocycles. The number of hydrogen-bond acceptors (Lipinski definition) is 4. The average molecular weight is 271 g/mol. The van der Waals surface area contributed by atoms with E-state index in [0.717, 1.165) is 6.07 Å². The van der Waals surface area contributed by atoms with E-state index in [1.807, 2.05) is 6.92 Å². The van der Waals surface area contributed by atoms with Crippen LogP contribution in [0.2, 0.25) is 0 Å². The fourth-order valence-electron chi connectivity index (χ4n) is 1.62. The van der Waals surface area contributed by atoms with Gasteiger partial charge in [-0.05, 0) is 19.1 Å². The number of halogens is 3. The highest BCUT2D eigenvalue weighted by molar-refractivity contribution is 5.45. The molecule has 1 N–H and O–H groups in total. The Balaban J connectivity index is 2.16. The van der Waals surface area contributed by atoms with Crippen LogP contribution in [0, 0.1) is 0 Å². The minimum Gasteiger partial charge on any atom is -0.362 e. The van der Waals surface area contributed by atoms with Crippen LogP contribution in [0.1, 0.15) is 18.3 Å². The average Bonchev–Trinajstić information content (AvgIpc) is 2.83.